The maximum Gasteiger partial charge on any atom is 0.225 e. The van der Waals surface area contributed by atoms with Gasteiger partial charge in [-0.15, -0.1) is 0 Å². The lowest BCUT2D eigenvalue weighted by Crippen LogP contribution is -2.28. The normalized spacial score (nSPS) is 13.6. The minimum Gasteiger partial charge on any atom is -0.328 e. The van der Waals surface area contributed by atoms with E-state index in [0.717, 1.165) is 17.1 Å². The molecule has 0 radical (unpaired) electrons. The molecule has 0 atom stereocenters. The molecule has 3 rings (SSSR count). The van der Waals surface area contributed by atoms with Crippen molar-refractivity contribution in [1.29, 1.82) is 5.26 Å². The first-order valence-electron chi connectivity index (χ1n) is 11.4. The molecule has 2 heterocycles. The third-order valence-corrected chi connectivity index (χ3v) is 5.81. The average molecular weight is 463 g/mol. The second-order valence-electron chi connectivity index (χ2n) is 10.6. The number of nitriles is 1. The van der Waals surface area contributed by atoms with Crippen molar-refractivity contribution in [2.24, 2.45) is 0 Å². The van der Waals surface area contributed by atoms with Gasteiger partial charge in [0, 0.05) is 38.4 Å². The molecule has 1 N–H and O–H groups in total. The number of carbonyl (C=O) groups is 2. The number of aromatic nitrogens is 2. The molecule has 180 valence electrons. The Morgan fingerprint density at radius 1 is 1.00 bits per heavy atom. The number of para-hydroxylation sites is 2. The molecular weight excluding hydrogens is 428 g/mol. The van der Waals surface area contributed by atoms with Gasteiger partial charge in [0.2, 0.25) is 5.91 Å². The molecular formula is C26H34N6O2. The van der Waals surface area contributed by atoms with E-state index in [9.17, 15) is 14.9 Å². The number of amides is 1. The van der Waals surface area contributed by atoms with Crippen LogP contribution in [0.15, 0.2) is 41.7 Å². The van der Waals surface area contributed by atoms with Crippen LogP contribution in [-0.4, -0.2) is 35.6 Å². The van der Waals surface area contributed by atoms with Gasteiger partial charge in [-0.25, -0.2) is 4.68 Å². The molecule has 34 heavy (non-hydrogen) atoms. The average Bonchev–Trinajstić information content (AvgIpc) is 3.28. The summed E-state index contributed by atoms with van der Waals surface area (Å²) in [4.78, 5) is 29.4. The molecule has 0 fully saturated rings. The lowest BCUT2D eigenvalue weighted by Gasteiger charge is -2.23. The maximum atomic E-state index is 13.0. The summed E-state index contributed by atoms with van der Waals surface area (Å²) in [6, 6.07) is 11.7. The van der Waals surface area contributed by atoms with Crippen molar-refractivity contribution in [3.63, 3.8) is 0 Å². The van der Waals surface area contributed by atoms with Gasteiger partial charge in [0.1, 0.15) is 23.3 Å². The summed E-state index contributed by atoms with van der Waals surface area (Å²) in [5.74, 6) is 0.464. The molecule has 1 aliphatic heterocycles. The second-order valence-corrected chi connectivity index (χ2v) is 10.6. The zero-order valence-electron chi connectivity index (χ0n) is 21.4. The molecule has 0 spiro atoms. The number of Topliss-reactive ketones (excluding diaryl/α,β-unsaturated/α-hetero) is 1. The number of anilines is 3. The Hall–Kier alpha value is -3.60. The quantitative estimate of drug-likeness (QED) is 0.518. The minimum atomic E-state index is -0.362. The number of fused-ring (bicyclic) bond motifs is 1. The summed E-state index contributed by atoms with van der Waals surface area (Å²) in [7, 11) is 3.66. The highest BCUT2D eigenvalue weighted by Crippen LogP contribution is 2.40. The fraction of sp³-hybridized carbons (Fsp3) is 0.462. The first-order valence-corrected chi connectivity index (χ1v) is 11.4. The predicted octanol–water partition coefficient (Wildman–Crippen LogP) is 4.54. The van der Waals surface area contributed by atoms with E-state index in [-0.39, 0.29) is 41.1 Å². The van der Waals surface area contributed by atoms with E-state index in [1.165, 1.54) is 0 Å². The van der Waals surface area contributed by atoms with E-state index in [2.05, 4.69) is 32.2 Å². The Kier molecular flexibility index (Phi) is 6.61. The monoisotopic (exact) mass is 462 g/mol. The summed E-state index contributed by atoms with van der Waals surface area (Å²) < 4.78 is 1.80. The van der Waals surface area contributed by atoms with Crippen LogP contribution in [0, 0.1) is 11.3 Å². The number of carbonyl (C=O) groups excluding carboxylic acids is 2. The van der Waals surface area contributed by atoms with Crippen LogP contribution >= 0.6 is 0 Å². The van der Waals surface area contributed by atoms with Gasteiger partial charge in [-0.2, -0.15) is 10.4 Å². The fourth-order valence-corrected chi connectivity index (χ4v) is 3.96. The third-order valence-electron chi connectivity index (χ3n) is 5.81. The fourth-order valence-electron chi connectivity index (χ4n) is 3.96. The summed E-state index contributed by atoms with van der Waals surface area (Å²) in [5, 5.41) is 17.4. The Morgan fingerprint density at radius 2 is 1.56 bits per heavy atom. The number of nitrogens with one attached hydrogen (secondary N) is 1. The van der Waals surface area contributed by atoms with E-state index < -0.39 is 0 Å². The van der Waals surface area contributed by atoms with Crippen LogP contribution in [0.4, 0.5) is 17.2 Å². The van der Waals surface area contributed by atoms with Crippen molar-refractivity contribution in [1.82, 2.24) is 9.78 Å². The molecule has 0 bridgehead atoms. The second kappa shape index (κ2) is 8.98. The van der Waals surface area contributed by atoms with Crippen LogP contribution in [0.5, 0.6) is 0 Å². The van der Waals surface area contributed by atoms with Crippen LogP contribution < -0.4 is 15.1 Å². The lowest BCUT2D eigenvalue weighted by molar-refractivity contribution is -0.120. The van der Waals surface area contributed by atoms with E-state index in [4.69, 9.17) is 5.10 Å². The molecule has 1 amide bonds. The number of hydrogen-bond donors (Lipinski definition) is 1. The highest BCUT2D eigenvalue weighted by molar-refractivity contribution is 6.04. The Labute approximate surface area is 201 Å². The van der Waals surface area contributed by atoms with Crippen LogP contribution in [0.3, 0.4) is 0 Å². The van der Waals surface area contributed by atoms with Gasteiger partial charge in [-0.3, -0.25) is 9.59 Å². The number of allylic oxidation sites excluding steroid dienone is 1. The van der Waals surface area contributed by atoms with Crippen molar-refractivity contribution in [3.8, 4) is 6.07 Å². The highest BCUT2D eigenvalue weighted by atomic mass is 16.2. The van der Waals surface area contributed by atoms with Gasteiger partial charge < -0.3 is 15.1 Å². The summed E-state index contributed by atoms with van der Waals surface area (Å²) in [6.07, 6.45) is -0.0934. The molecule has 1 aromatic heterocycles. The number of benzene rings is 1. The van der Waals surface area contributed by atoms with Crippen LogP contribution in [-0.2, 0) is 20.5 Å². The van der Waals surface area contributed by atoms with E-state index in [1.807, 2.05) is 75.0 Å². The van der Waals surface area contributed by atoms with E-state index in [1.54, 1.807) is 4.68 Å². The number of nitrogens with zero attached hydrogens (tertiary/aromatic N) is 5. The van der Waals surface area contributed by atoms with Crippen molar-refractivity contribution in [2.45, 2.75) is 65.3 Å². The van der Waals surface area contributed by atoms with Crippen molar-refractivity contribution in [2.75, 3.05) is 29.2 Å². The molecule has 2 aromatic rings. The van der Waals surface area contributed by atoms with Gasteiger partial charge in [0.05, 0.1) is 22.6 Å². The van der Waals surface area contributed by atoms with Gasteiger partial charge in [0.25, 0.3) is 0 Å². The molecule has 1 aromatic carbocycles. The van der Waals surface area contributed by atoms with Crippen LogP contribution in [0.25, 0.3) is 0 Å². The number of ketones is 1. The third kappa shape index (κ3) is 4.84. The Morgan fingerprint density at radius 3 is 2.03 bits per heavy atom. The standard InChI is InChI=1S/C26H34N6O2/c1-25(2,3)21-15-22(32(29-21)26(4,5)6)28-23(34)14-13-20(33)17(16-27)24-30(7)18-11-9-10-12-19(18)31(24)8/h9-12,15H,13-14H2,1-8H3,(H,28,34). The molecule has 0 saturated carbocycles. The Bertz CT molecular complexity index is 1160. The molecule has 0 unspecified atom stereocenters. The topological polar surface area (TPSA) is 94.3 Å². The van der Waals surface area contributed by atoms with Gasteiger partial charge in [0.15, 0.2) is 5.78 Å². The van der Waals surface area contributed by atoms with E-state index in [0.29, 0.717) is 11.6 Å². The highest BCUT2D eigenvalue weighted by Gasteiger charge is 2.31. The molecule has 8 heteroatoms. The first kappa shape index (κ1) is 25.0. The van der Waals surface area contributed by atoms with Crippen molar-refractivity contribution < 1.29 is 9.59 Å². The summed E-state index contributed by atoms with van der Waals surface area (Å²) in [6.45, 7) is 12.3. The number of rotatable bonds is 5. The summed E-state index contributed by atoms with van der Waals surface area (Å²) in [5.41, 5.74) is 2.26. The smallest absolute Gasteiger partial charge is 0.225 e. The Balaban J connectivity index is 1.76. The van der Waals surface area contributed by atoms with Gasteiger partial charge in [-0.1, -0.05) is 32.9 Å². The molecule has 0 saturated heterocycles. The maximum absolute atomic E-state index is 13.0. The summed E-state index contributed by atoms with van der Waals surface area (Å²) >= 11 is 0. The molecule has 8 nitrogen and oxygen atoms in total. The predicted molar refractivity (Wildman–Crippen MR) is 135 cm³/mol. The SMILES string of the molecule is CN1C(=C(C#N)C(=O)CCC(=O)Nc2cc(C(C)(C)C)nn2C(C)(C)C)N(C)c2ccccc21. The van der Waals surface area contributed by atoms with Gasteiger partial charge in [-0.05, 0) is 32.9 Å². The zero-order valence-corrected chi connectivity index (χ0v) is 21.4. The number of hydrogen-bond acceptors (Lipinski definition) is 6. The zero-order chi connectivity index (χ0) is 25.4. The van der Waals surface area contributed by atoms with E-state index >= 15 is 0 Å². The van der Waals surface area contributed by atoms with Crippen LogP contribution in [0.2, 0.25) is 0 Å². The lowest BCUT2D eigenvalue weighted by atomic mass is 9.92. The molecule has 1 aliphatic rings. The van der Waals surface area contributed by atoms with Crippen molar-refractivity contribution in [3.05, 3.63) is 47.4 Å². The van der Waals surface area contributed by atoms with Crippen molar-refractivity contribution >= 4 is 28.9 Å². The van der Waals surface area contributed by atoms with Crippen LogP contribution in [0.1, 0.15) is 60.1 Å². The molecule has 0 aliphatic carbocycles. The largest absolute Gasteiger partial charge is 0.328 e. The first-order chi connectivity index (χ1) is 15.8. The van der Waals surface area contributed by atoms with Gasteiger partial charge >= 0.3 is 0 Å². The minimum absolute atomic E-state index is 0.0299.